The Morgan fingerprint density at radius 3 is 2.77 bits per heavy atom. The number of amides is 1. The lowest BCUT2D eigenvalue weighted by Gasteiger charge is -2.31. The van der Waals surface area contributed by atoms with Crippen molar-refractivity contribution >= 4 is 33.2 Å². The van der Waals surface area contributed by atoms with Gasteiger partial charge in [0.15, 0.2) is 4.96 Å². The van der Waals surface area contributed by atoms with E-state index in [1.165, 1.54) is 11.3 Å². The number of benzene rings is 2. The second kappa shape index (κ2) is 7.35. The Labute approximate surface area is 183 Å². The first-order valence-corrected chi connectivity index (χ1v) is 11.4. The summed E-state index contributed by atoms with van der Waals surface area (Å²) in [6, 6.07) is 18.1. The average Bonchev–Trinajstić information content (AvgIpc) is 3.53. The van der Waals surface area contributed by atoms with E-state index >= 15 is 0 Å². The highest BCUT2D eigenvalue weighted by Gasteiger charge is 2.29. The summed E-state index contributed by atoms with van der Waals surface area (Å²) in [7, 11) is 0. The van der Waals surface area contributed by atoms with Gasteiger partial charge in [-0.15, -0.1) is 11.3 Å². The number of carbonyl (C=O) groups is 1. The normalized spacial score (nSPS) is 16.9. The van der Waals surface area contributed by atoms with Crippen molar-refractivity contribution in [3.05, 3.63) is 77.7 Å². The number of fused-ring (bicyclic) bond motifs is 2. The van der Waals surface area contributed by atoms with Crippen molar-refractivity contribution in [3.63, 3.8) is 0 Å². The van der Waals surface area contributed by atoms with E-state index in [1.807, 2.05) is 75.5 Å². The Kier molecular flexibility index (Phi) is 4.35. The van der Waals surface area contributed by atoms with Gasteiger partial charge in [0.25, 0.3) is 5.91 Å². The zero-order valence-electron chi connectivity index (χ0n) is 16.9. The summed E-state index contributed by atoms with van der Waals surface area (Å²) >= 11 is 1.51. The smallest absolute Gasteiger partial charge is 0.271 e. The molecule has 1 saturated heterocycles. The summed E-state index contributed by atoms with van der Waals surface area (Å²) in [4.78, 5) is 29.2. The van der Waals surface area contributed by atoms with Crippen LogP contribution in [0, 0.1) is 0 Å². The van der Waals surface area contributed by atoms with Crippen LogP contribution in [0.25, 0.3) is 27.3 Å². The van der Waals surface area contributed by atoms with Crippen LogP contribution in [0.4, 0.5) is 0 Å². The van der Waals surface area contributed by atoms with Gasteiger partial charge in [-0.2, -0.15) is 0 Å². The molecule has 0 aliphatic carbocycles. The Hall–Kier alpha value is -3.45. The number of aromatic nitrogens is 4. The SMILES string of the molecule is O=C(c1csc2nc(-c3ccccc3)cn12)N1CCC[C@@H](c2nc3ccccc3[nH]2)C1. The number of hydrogen-bond donors (Lipinski definition) is 1. The van der Waals surface area contributed by atoms with E-state index in [0.717, 1.165) is 52.5 Å². The molecule has 7 heteroatoms. The maximum Gasteiger partial charge on any atom is 0.271 e. The van der Waals surface area contributed by atoms with Crippen LogP contribution in [0.15, 0.2) is 66.2 Å². The van der Waals surface area contributed by atoms with Gasteiger partial charge < -0.3 is 9.88 Å². The highest BCUT2D eigenvalue weighted by atomic mass is 32.1. The first kappa shape index (κ1) is 18.3. The van der Waals surface area contributed by atoms with E-state index in [1.54, 1.807) is 0 Å². The van der Waals surface area contributed by atoms with Crippen LogP contribution in [0.1, 0.15) is 35.1 Å². The van der Waals surface area contributed by atoms with Crippen LogP contribution < -0.4 is 0 Å². The summed E-state index contributed by atoms with van der Waals surface area (Å²) < 4.78 is 1.93. The number of imidazole rings is 2. The van der Waals surface area contributed by atoms with E-state index in [9.17, 15) is 4.79 Å². The molecule has 154 valence electrons. The number of likely N-dealkylation sites (tertiary alicyclic amines) is 1. The molecule has 31 heavy (non-hydrogen) atoms. The lowest BCUT2D eigenvalue weighted by Crippen LogP contribution is -2.39. The molecule has 0 saturated carbocycles. The molecule has 1 N–H and O–H groups in total. The Balaban J connectivity index is 1.27. The topological polar surface area (TPSA) is 66.3 Å². The summed E-state index contributed by atoms with van der Waals surface area (Å²) in [6.07, 6.45) is 3.97. The van der Waals surface area contributed by atoms with Crippen molar-refractivity contribution in [1.29, 1.82) is 0 Å². The van der Waals surface area contributed by atoms with E-state index in [4.69, 9.17) is 9.97 Å². The number of nitrogens with zero attached hydrogens (tertiary/aromatic N) is 4. The lowest BCUT2D eigenvalue weighted by atomic mass is 9.97. The molecule has 3 aromatic heterocycles. The van der Waals surface area contributed by atoms with Gasteiger partial charge in [-0.3, -0.25) is 9.20 Å². The van der Waals surface area contributed by atoms with Gasteiger partial charge in [-0.05, 0) is 25.0 Å². The number of thiazole rings is 1. The Morgan fingerprint density at radius 2 is 1.90 bits per heavy atom. The zero-order valence-corrected chi connectivity index (χ0v) is 17.7. The third-order valence-electron chi connectivity index (χ3n) is 6.00. The van der Waals surface area contributed by atoms with Crippen molar-refractivity contribution in [2.24, 2.45) is 0 Å². The van der Waals surface area contributed by atoms with Crippen LogP contribution in [0.5, 0.6) is 0 Å². The first-order valence-electron chi connectivity index (χ1n) is 10.5. The van der Waals surface area contributed by atoms with Gasteiger partial charge in [0.2, 0.25) is 0 Å². The van der Waals surface area contributed by atoms with Gasteiger partial charge >= 0.3 is 0 Å². The van der Waals surface area contributed by atoms with Gasteiger partial charge in [0.1, 0.15) is 11.5 Å². The molecule has 0 spiro atoms. The van der Waals surface area contributed by atoms with E-state index < -0.39 is 0 Å². The fourth-order valence-electron chi connectivity index (χ4n) is 4.40. The molecule has 4 heterocycles. The summed E-state index contributed by atoms with van der Waals surface area (Å²) in [5.41, 5.74) is 4.65. The summed E-state index contributed by atoms with van der Waals surface area (Å²) in [5, 5.41) is 1.92. The number of aromatic amines is 1. The number of carbonyl (C=O) groups excluding carboxylic acids is 1. The molecule has 1 atom stereocenters. The van der Waals surface area contributed by atoms with Crippen molar-refractivity contribution in [2.45, 2.75) is 18.8 Å². The molecule has 2 aromatic carbocycles. The molecule has 1 fully saturated rings. The fraction of sp³-hybridized carbons (Fsp3) is 0.208. The van der Waals surface area contributed by atoms with Crippen molar-refractivity contribution in [1.82, 2.24) is 24.3 Å². The minimum atomic E-state index is 0.0593. The molecular weight excluding hydrogens is 406 g/mol. The minimum Gasteiger partial charge on any atom is -0.342 e. The number of H-pyrrole nitrogens is 1. The van der Waals surface area contributed by atoms with Crippen LogP contribution in [-0.2, 0) is 0 Å². The predicted molar refractivity (Wildman–Crippen MR) is 122 cm³/mol. The quantitative estimate of drug-likeness (QED) is 0.443. The van der Waals surface area contributed by atoms with E-state index in [-0.39, 0.29) is 11.8 Å². The second-order valence-electron chi connectivity index (χ2n) is 8.00. The zero-order chi connectivity index (χ0) is 20.8. The summed E-state index contributed by atoms with van der Waals surface area (Å²) in [5.74, 6) is 1.26. The second-order valence-corrected chi connectivity index (χ2v) is 8.83. The van der Waals surface area contributed by atoms with Crippen LogP contribution >= 0.6 is 11.3 Å². The van der Waals surface area contributed by atoms with Gasteiger partial charge in [0, 0.05) is 36.1 Å². The van der Waals surface area contributed by atoms with E-state index in [0.29, 0.717) is 12.2 Å². The summed E-state index contributed by atoms with van der Waals surface area (Å²) in [6.45, 7) is 1.45. The van der Waals surface area contributed by atoms with Gasteiger partial charge in [-0.25, -0.2) is 9.97 Å². The van der Waals surface area contributed by atoms with Gasteiger partial charge in [-0.1, -0.05) is 42.5 Å². The largest absolute Gasteiger partial charge is 0.342 e. The minimum absolute atomic E-state index is 0.0593. The standard InChI is InChI=1S/C24H21N5OS/c30-23(21-15-31-24-27-20(14-29(21)24)16-7-2-1-3-8-16)28-12-6-9-17(13-28)22-25-18-10-4-5-11-19(18)26-22/h1-5,7-8,10-11,14-15,17H,6,9,12-13H2,(H,25,26)/t17-/m1/s1. The Morgan fingerprint density at radius 1 is 1.06 bits per heavy atom. The molecule has 1 aliphatic rings. The molecule has 1 amide bonds. The molecule has 0 bridgehead atoms. The van der Waals surface area contributed by atoms with E-state index in [2.05, 4.69) is 4.98 Å². The number of hydrogen-bond acceptors (Lipinski definition) is 4. The average molecular weight is 428 g/mol. The monoisotopic (exact) mass is 427 g/mol. The predicted octanol–water partition coefficient (Wildman–Crippen LogP) is 4.96. The van der Waals surface area contributed by atoms with Crippen molar-refractivity contribution in [2.75, 3.05) is 13.1 Å². The number of rotatable bonds is 3. The van der Waals surface area contributed by atoms with Crippen molar-refractivity contribution < 1.29 is 4.79 Å². The molecule has 1 aliphatic heterocycles. The first-order chi connectivity index (χ1) is 15.3. The van der Waals surface area contributed by atoms with Crippen LogP contribution in [0.2, 0.25) is 0 Å². The molecule has 0 unspecified atom stereocenters. The number of piperidine rings is 1. The molecule has 0 radical (unpaired) electrons. The Bertz CT molecular complexity index is 1350. The maximum atomic E-state index is 13.4. The molecule has 6 nitrogen and oxygen atoms in total. The van der Waals surface area contributed by atoms with Crippen molar-refractivity contribution in [3.8, 4) is 11.3 Å². The number of para-hydroxylation sites is 2. The molecular formula is C24H21N5OS. The number of nitrogens with one attached hydrogen (secondary N) is 1. The highest BCUT2D eigenvalue weighted by molar-refractivity contribution is 7.15. The fourth-order valence-corrected chi connectivity index (χ4v) is 5.25. The lowest BCUT2D eigenvalue weighted by molar-refractivity contribution is 0.0698. The maximum absolute atomic E-state index is 13.4. The van der Waals surface area contributed by atoms with Crippen LogP contribution in [0.3, 0.4) is 0 Å². The molecule has 5 aromatic rings. The molecule has 6 rings (SSSR count). The van der Waals surface area contributed by atoms with Gasteiger partial charge in [0.05, 0.1) is 16.7 Å². The third kappa shape index (κ3) is 3.21. The van der Waals surface area contributed by atoms with Crippen LogP contribution in [-0.4, -0.2) is 43.2 Å². The third-order valence-corrected chi connectivity index (χ3v) is 6.84. The highest BCUT2D eigenvalue weighted by Crippen LogP contribution is 2.29.